The van der Waals surface area contributed by atoms with Gasteiger partial charge < -0.3 is 10.2 Å². The maximum absolute atomic E-state index is 9.60. The summed E-state index contributed by atoms with van der Waals surface area (Å²) < 4.78 is 0. The summed E-state index contributed by atoms with van der Waals surface area (Å²) in [6, 6.07) is 7.87. The number of aliphatic hydroxyl groups excluding tert-OH is 2. The lowest BCUT2D eigenvalue weighted by Gasteiger charge is -2.10. The first-order valence-corrected chi connectivity index (χ1v) is 6.10. The fourth-order valence-corrected chi connectivity index (χ4v) is 2.11. The maximum Gasteiger partial charge on any atom is 0.0787 e. The van der Waals surface area contributed by atoms with Crippen LogP contribution in [-0.4, -0.2) is 22.1 Å². The van der Waals surface area contributed by atoms with Crippen molar-refractivity contribution in [2.24, 2.45) is 0 Å². The third-order valence-electron chi connectivity index (χ3n) is 2.25. The van der Waals surface area contributed by atoms with E-state index in [-0.39, 0.29) is 18.0 Å². The van der Waals surface area contributed by atoms with Gasteiger partial charge in [0, 0.05) is 10.1 Å². The molecule has 0 heterocycles. The van der Waals surface area contributed by atoms with E-state index in [4.69, 9.17) is 5.11 Å². The molecule has 0 bridgehead atoms. The summed E-state index contributed by atoms with van der Waals surface area (Å²) in [5.74, 6) is 0. The van der Waals surface area contributed by atoms with Gasteiger partial charge in [-0.05, 0) is 24.1 Å². The molecule has 1 unspecified atom stereocenters. The van der Waals surface area contributed by atoms with E-state index in [0.29, 0.717) is 0 Å². The molecule has 1 aromatic rings. The van der Waals surface area contributed by atoms with Gasteiger partial charge in [-0.2, -0.15) is 0 Å². The van der Waals surface area contributed by atoms with Gasteiger partial charge in [0.15, 0.2) is 0 Å². The second-order valence-corrected chi connectivity index (χ2v) is 5.12. The Bertz CT molecular complexity index is 284. The van der Waals surface area contributed by atoms with Crippen LogP contribution in [0.4, 0.5) is 0 Å². The van der Waals surface area contributed by atoms with Crippen LogP contribution in [0.25, 0.3) is 0 Å². The van der Waals surface area contributed by atoms with Gasteiger partial charge in [0.25, 0.3) is 0 Å². The number of hydrogen-bond donors (Lipinski definition) is 2. The number of aliphatic hydroxyl groups is 2. The zero-order chi connectivity index (χ0) is 11.3. The van der Waals surface area contributed by atoms with E-state index in [1.165, 1.54) is 0 Å². The first-order valence-electron chi connectivity index (χ1n) is 5.23. The van der Waals surface area contributed by atoms with Gasteiger partial charge in [0.1, 0.15) is 0 Å². The maximum atomic E-state index is 9.60. The minimum Gasteiger partial charge on any atom is -0.395 e. The highest BCUT2D eigenvalue weighted by atomic mass is 32.2. The molecule has 2 atom stereocenters. The molecule has 84 valence electrons. The quantitative estimate of drug-likeness (QED) is 0.758. The van der Waals surface area contributed by atoms with Gasteiger partial charge in [-0.15, -0.1) is 11.8 Å². The molecule has 0 saturated carbocycles. The fourth-order valence-electron chi connectivity index (χ4n) is 1.27. The number of rotatable bonds is 5. The van der Waals surface area contributed by atoms with E-state index in [1.54, 1.807) is 11.8 Å². The van der Waals surface area contributed by atoms with E-state index in [2.05, 4.69) is 0 Å². The predicted octanol–water partition coefficient (Wildman–Crippen LogP) is 2.60. The highest BCUT2D eigenvalue weighted by Crippen LogP contribution is 2.25. The van der Waals surface area contributed by atoms with Gasteiger partial charge in [0.05, 0.1) is 12.7 Å². The molecule has 0 radical (unpaired) electrons. The SMILES string of the molecule is CC[C@@H](O)c1ccc(SC(C)CO)cc1. The summed E-state index contributed by atoms with van der Waals surface area (Å²) in [5, 5.41) is 18.7. The third-order valence-corrected chi connectivity index (χ3v) is 3.34. The van der Waals surface area contributed by atoms with Crippen LogP contribution in [0.2, 0.25) is 0 Å². The molecule has 3 heteroatoms. The molecule has 2 nitrogen and oxygen atoms in total. The van der Waals surface area contributed by atoms with Crippen LogP contribution < -0.4 is 0 Å². The van der Waals surface area contributed by atoms with Crippen LogP contribution >= 0.6 is 11.8 Å². The van der Waals surface area contributed by atoms with Gasteiger partial charge in [-0.25, -0.2) is 0 Å². The van der Waals surface area contributed by atoms with E-state index >= 15 is 0 Å². The Morgan fingerprint density at radius 1 is 1.27 bits per heavy atom. The Hall–Kier alpha value is -0.510. The summed E-state index contributed by atoms with van der Waals surface area (Å²) in [5.41, 5.74) is 0.957. The van der Waals surface area contributed by atoms with Crippen molar-refractivity contribution < 1.29 is 10.2 Å². The van der Waals surface area contributed by atoms with Crippen molar-refractivity contribution in [1.29, 1.82) is 0 Å². The van der Waals surface area contributed by atoms with Crippen LogP contribution in [0.1, 0.15) is 31.9 Å². The van der Waals surface area contributed by atoms with E-state index in [9.17, 15) is 5.11 Å². The molecule has 0 spiro atoms. The molecule has 0 saturated heterocycles. The van der Waals surface area contributed by atoms with Crippen LogP contribution in [0.3, 0.4) is 0 Å². The molecule has 15 heavy (non-hydrogen) atoms. The fraction of sp³-hybridized carbons (Fsp3) is 0.500. The topological polar surface area (TPSA) is 40.5 Å². The van der Waals surface area contributed by atoms with Crippen LogP contribution in [0.5, 0.6) is 0 Å². The lowest BCUT2D eigenvalue weighted by atomic mass is 10.1. The number of thioether (sulfide) groups is 1. The van der Waals surface area contributed by atoms with E-state index < -0.39 is 0 Å². The molecule has 0 aliphatic carbocycles. The van der Waals surface area contributed by atoms with Crippen LogP contribution in [0, 0.1) is 0 Å². The van der Waals surface area contributed by atoms with Gasteiger partial charge in [0.2, 0.25) is 0 Å². The Balaban J connectivity index is 2.64. The minimum atomic E-state index is -0.362. The molecular weight excluding hydrogens is 208 g/mol. The molecule has 0 aliphatic heterocycles. The highest BCUT2D eigenvalue weighted by molar-refractivity contribution is 8.00. The normalized spacial score (nSPS) is 14.9. The number of hydrogen-bond acceptors (Lipinski definition) is 3. The summed E-state index contributed by atoms with van der Waals surface area (Å²) in [4.78, 5) is 1.13. The van der Waals surface area contributed by atoms with Crippen molar-refractivity contribution >= 4 is 11.8 Å². The van der Waals surface area contributed by atoms with Gasteiger partial charge in [-0.1, -0.05) is 26.0 Å². The largest absolute Gasteiger partial charge is 0.395 e. The lowest BCUT2D eigenvalue weighted by Crippen LogP contribution is -2.01. The van der Waals surface area contributed by atoms with Crippen LogP contribution in [0.15, 0.2) is 29.2 Å². The summed E-state index contributed by atoms with van der Waals surface area (Å²) in [6.45, 7) is 4.13. The molecule has 2 N–H and O–H groups in total. The minimum absolute atomic E-state index is 0.185. The summed E-state index contributed by atoms with van der Waals surface area (Å²) >= 11 is 1.64. The molecule has 1 aromatic carbocycles. The van der Waals surface area contributed by atoms with E-state index in [0.717, 1.165) is 16.9 Å². The summed E-state index contributed by atoms with van der Waals surface area (Å²) in [7, 11) is 0. The first-order chi connectivity index (χ1) is 7.17. The van der Waals surface area contributed by atoms with Crippen molar-refractivity contribution in [3.05, 3.63) is 29.8 Å². The third kappa shape index (κ3) is 3.86. The number of benzene rings is 1. The average Bonchev–Trinajstić information content (AvgIpc) is 2.29. The summed E-state index contributed by atoms with van der Waals surface area (Å²) in [6.07, 6.45) is 0.374. The Kier molecular flexibility index (Phi) is 5.15. The van der Waals surface area contributed by atoms with Crippen molar-refractivity contribution in [2.45, 2.75) is 36.5 Å². The Morgan fingerprint density at radius 2 is 1.87 bits per heavy atom. The van der Waals surface area contributed by atoms with Crippen molar-refractivity contribution in [3.63, 3.8) is 0 Å². The second kappa shape index (κ2) is 6.16. The Labute approximate surface area is 95.3 Å². The van der Waals surface area contributed by atoms with Crippen molar-refractivity contribution in [3.8, 4) is 0 Å². The zero-order valence-electron chi connectivity index (χ0n) is 9.18. The molecule has 0 fully saturated rings. The average molecular weight is 226 g/mol. The molecule has 0 amide bonds. The van der Waals surface area contributed by atoms with Crippen molar-refractivity contribution in [1.82, 2.24) is 0 Å². The van der Waals surface area contributed by atoms with Gasteiger partial charge in [-0.3, -0.25) is 0 Å². The highest BCUT2D eigenvalue weighted by Gasteiger charge is 2.06. The van der Waals surface area contributed by atoms with Gasteiger partial charge >= 0.3 is 0 Å². The van der Waals surface area contributed by atoms with Crippen LogP contribution in [-0.2, 0) is 0 Å². The standard InChI is InChI=1S/C12H18O2S/c1-3-12(14)10-4-6-11(7-5-10)15-9(2)8-13/h4-7,9,12-14H,3,8H2,1-2H3/t9?,12-/m1/s1. The van der Waals surface area contributed by atoms with Crippen molar-refractivity contribution in [2.75, 3.05) is 6.61 Å². The monoisotopic (exact) mass is 226 g/mol. The molecule has 0 aromatic heterocycles. The lowest BCUT2D eigenvalue weighted by molar-refractivity contribution is 0.173. The first kappa shape index (κ1) is 12.6. The Morgan fingerprint density at radius 3 is 2.33 bits per heavy atom. The molecular formula is C12H18O2S. The zero-order valence-corrected chi connectivity index (χ0v) is 10.00. The molecule has 1 rings (SSSR count). The second-order valence-electron chi connectivity index (χ2n) is 3.60. The van der Waals surface area contributed by atoms with E-state index in [1.807, 2.05) is 38.1 Å². The smallest absolute Gasteiger partial charge is 0.0787 e. The molecule has 0 aliphatic rings. The predicted molar refractivity (Wildman–Crippen MR) is 64.1 cm³/mol.